The van der Waals surface area contributed by atoms with E-state index in [1.165, 1.54) is 42.5 Å². The Labute approximate surface area is 198 Å². The average Bonchev–Trinajstić information content (AvgIpc) is 3.10. The summed E-state index contributed by atoms with van der Waals surface area (Å²) in [4.78, 5) is 15.2. The van der Waals surface area contributed by atoms with Gasteiger partial charge in [0.05, 0.1) is 22.3 Å². The van der Waals surface area contributed by atoms with Crippen LogP contribution in [-0.2, 0) is 6.18 Å². The van der Waals surface area contributed by atoms with E-state index in [1.54, 1.807) is 0 Å². The second-order valence-electron chi connectivity index (χ2n) is 7.33. The molecule has 0 radical (unpaired) electrons. The number of nitrogens with one attached hydrogen (secondary N) is 2. The number of benzene rings is 3. The zero-order valence-corrected chi connectivity index (χ0v) is 17.8. The van der Waals surface area contributed by atoms with E-state index in [2.05, 4.69) is 25.3 Å². The Balaban J connectivity index is 1.62. The van der Waals surface area contributed by atoms with E-state index in [0.29, 0.717) is 0 Å². The topological polar surface area (TPSA) is 99.1 Å². The molecule has 13 heteroatoms. The van der Waals surface area contributed by atoms with Gasteiger partial charge in [-0.1, -0.05) is 18.2 Å². The minimum Gasteiger partial charge on any atom is -0.493 e. The fraction of sp³-hybridized carbons (Fsp3) is 0.0870. The van der Waals surface area contributed by atoms with Gasteiger partial charge in [-0.05, 0) is 48.5 Å². The Morgan fingerprint density at radius 1 is 0.944 bits per heavy atom. The lowest BCUT2D eigenvalue weighted by atomic mass is 10.1. The summed E-state index contributed by atoms with van der Waals surface area (Å²) in [6, 6.07) is 13.4. The van der Waals surface area contributed by atoms with Crippen LogP contribution in [0.1, 0.15) is 15.9 Å². The van der Waals surface area contributed by atoms with Crippen LogP contribution in [0.2, 0.25) is 0 Å². The van der Waals surface area contributed by atoms with Crippen molar-refractivity contribution in [1.29, 1.82) is 0 Å². The first kappa shape index (κ1) is 24.6. The number of aromatic amines is 1. The minimum atomic E-state index is -4.94. The molecule has 0 bridgehead atoms. The molecule has 3 aromatic carbocycles. The molecule has 4 aromatic rings. The molecule has 0 saturated carbocycles. The van der Waals surface area contributed by atoms with Crippen molar-refractivity contribution in [1.82, 2.24) is 4.98 Å². The number of amides is 1. The van der Waals surface area contributed by atoms with Crippen LogP contribution in [-0.4, -0.2) is 22.4 Å². The third-order valence-electron chi connectivity index (χ3n) is 4.82. The van der Waals surface area contributed by atoms with Gasteiger partial charge in [0.25, 0.3) is 5.91 Å². The summed E-state index contributed by atoms with van der Waals surface area (Å²) in [6.45, 7) is 0. The highest BCUT2D eigenvalue weighted by molar-refractivity contribution is 6.01. The van der Waals surface area contributed by atoms with Crippen LogP contribution in [0.4, 0.5) is 43.4 Å². The van der Waals surface area contributed by atoms with Gasteiger partial charge in [0.15, 0.2) is 5.69 Å². The summed E-state index contributed by atoms with van der Waals surface area (Å²) in [6.07, 6.45) is -9.51. The highest BCUT2D eigenvalue weighted by Gasteiger charge is 2.32. The number of aromatic nitrogens is 1. The maximum atomic E-state index is 13.0. The maximum absolute atomic E-state index is 13.0. The molecule has 0 atom stereocenters. The van der Waals surface area contributed by atoms with Gasteiger partial charge in [-0.2, -0.15) is 13.2 Å². The summed E-state index contributed by atoms with van der Waals surface area (Å²) >= 11 is 0. The predicted octanol–water partition coefficient (Wildman–Crippen LogP) is 7.46. The number of fused-ring (bicyclic) bond motifs is 1. The molecule has 0 fully saturated rings. The smallest absolute Gasteiger partial charge is 0.493 e. The maximum Gasteiger partial charge on any atom is 0.573 e. The van der Waals surface area contributed by atoms with Crippen molar-refractivity contribution in [3.05, 3.63) is 77.9 Å². The molecule has 0 aliphatic heterocycles. The van der Waals surface area contributed by atoms with Crippen LogP contribution < -0.4 is 10.1 Å². The summed E-state index contributed by atoms with van der Waals surface area (Å²) in [5.41, 5.74) is -0.860. The van der Waals surface area contributed by atoms with E-state index in [0.717, 1.165) is 24.3 Å². The summed E-state index contributed by atoms with van der Waals surface area (Å²) < 4.78 is 80.5. The second kappa shape index (κ2) is 9.24. The monoisotopic (exact) mass is 508 g/mol. The second-order valence-corrected chi connectivity index (χ2v) is 7.33. The lowest BCUT2D eigenvalue weighted by Gasteiger charge is -2.12. The number of para-hydroxylation sites is 1. The van der Waals surface area contributed by atoms with Gasteiger partial charge in [0.2, 0.25) is 5.88 Å². The number of azo groups is 1. The third-order valence-corrected chi connectivity index (χ3v) is 4.82. The number of hydrogen-bond donors (Lipinski definition) is 3. The molecule has 3 N–H and O–H groups in total. The van der Waals surface area contributed by atoms with Crippen molar-refractivity contribution in [3.63, 3.8) is 0 Å². The van der Waals surface area contributed by atoms with Crippen molar-refractivity contribution < 1.29 is 41.0 Å². The standard InChI is InChI=1S/C23H14F6N4O3/c24-22(25,26)12-4-3-5-13(10-12)30-17-7-2-1-6-15(17)20(34)33-32-19-16-11-14(36-23(27,28)29)8-9-18(16)31-21(19)35/h1-11,30-31,35H. The Morgan fingerprint density at radius 3 is 2.42 bits per heavy atom. The molecule has 0 spiro atoms. The van der Waals surface area contributed by atoms with Gasteiger partial charge in [-0.25, -0.2) is 0 Å². The molecule has 0 unspecified atom stereocenters. The molecule has 36 heavy (non-hydrogen) atoms. The molecule has 1 aromatic heterocycles. The Morgan fingerprint density at radius 2 is 1.69 bits per heavy atom. The molecule has 186 valence electrons. The number of alkyl halides is 6. The minimum absolute atomic E-state index is 0.00109. The van der Waals surface area contributed by atoms with Crippen LogP contribution >= 0.6 is 0 Å². The van der Waals surface area contributed by atoms with Crippen LogP contribution in [0, 0.1) is 0 Å². The van der Waals surface area contributed by atoms with Gasteiger partial charge in [0, 0.05) is 11.1 Å². The molecular weight excluding hydrogens is 494 g/mol. The van der Waals surface area contributed by atoms with Crippen LogP contribution in [0.25, 0.3) is 10.9 Å². The Kier molecular flexibility index (Phi) is 6.31. The summed E-state index contributed by atoms with van der Waals surface area (Å²) in [7, 11) is 0. The van der Waals surface area contributed by atoms with Gasteiger partial charge < -0.3 is 20.1 Å². The first-order valence-electron chi connectivity index (χ1n) is 10.0. The molecule has 0 saturated heterocycles. The quantitative estimate of drug-likeness (QED) is 0.193. The third kappa shape index (κ3) is 5.56. The number of nitrogens with zero attached hydrogens (tertiary/aromatic N) is 2. The normalized spacial score (nSPS) is 12.3. The number of carbonyl (C=O) groups is 1. The van der Waals surface area contributed by atoms with Crippen LogP contribution in [0.5, 0.6) is 11.6 Å². The van der Waals surface area contributed by atoms with E-state index in [9.17, 15) is 36.2 Å². The van der Waals surface area contributed by atoms with Gasteiger partial charge in [-0.3, -0.25) is 4.79 Å². The number of halogens is 6. The highest BCUT2D eigenvalue weighted by atomic mass is 19.4. The number of carbonyl (C=O) groups excluding carboxylic acids is 1. The number of rotatable bonds is 5. The first-order valence-corrected chi connectivity index (χ1v) is 10.0. The van der Waals surface area contributed by atoms with E-state index in [4.69, 9.17) is 0 Å². The Hall–Kier alpha value is -4.55. The largest absolute Gasteiger partial charge is 0.573 e. The zero-order chi connectivity index (χ0) is 26.1. The van der Waals surface area contributed by atoms with Crippen molar-refractivity contribution >= 4 is 33.9 Å². The Bertz CT molecular complexity index is 1460. The zero-order valence-electron chi connectivity index (χ0n) is 17.8. The van der Waals surface area contributed by atoms with Gasteiger partial charge in [0.1, 0.15) is 5.75 Å². The van der Waals surface area contributed by atoms with Crippen molar-refractivity contribution in [2.24, 2.45) is 10.2 Å². The number of anilines is 2. The fourth-order valence-corrected chi connectivity index (χ4v) is 3.30. The van der Waals surface area contributed by atoms with Gasteiger partial charge in [-0.15, -0.1) is 23.4 Å². The lowest BCUT2D eigenvalue weighted by molar-refractivity contribution is -0.274. The van der Waals surface area contributed by atoms with Crippen LogP contribution in [0.15, 0.2) is 77.0 Å². The lowest BCUT2D eigenvalue weighted by Crippen LogP contribution is -2.16. The van der Waals surface area contributed by atoms with E-state index in [-0.39, 0.29) is 33.5 Å². The van der Waals surface area contributed by atoms with Crippen molar-refractivity contribution in [2.75, 3.05) is 5.32 Å². The number of hydrogen-bond acceptors (Lipinski definition) is 5. The summed E-state index contributed by atoms with van der Waals surface area (Å²) in [5.74, 6) is -2.06. The molecular formula is C23H14F6N4O3. The molecule has 7 nitrogen and oxygen atoms in total. The number of H-pyrrole nitrogens is 1. The predicted molar refractivity (Wildman–Crippen MR) is 117 cm³/mol. The number of aromatic hydroxyl groups is 1. The molecule has 0 aliphatic rings. The van der Waals surface area contributed by atoms with E-state index >= 15 is 0 Å². The number of ether oxygens (including phenoxy) is 1. The summed E-state index contributed by atoms with van der Waals surface area (Å²) in [5, 5.41) is 20.0. The van der Waals surface area contributed by atoms with E-state index in [1.807, 2.05) is 0 Å². The van der Waals surface area contributed by atoms with E-state index < -0.39 is 35.6 Å². The van der Waals surface area contributed by atoms with Crippen molar-refractivity contribution in [3.8, 4) is 11.6 Å². The SMILES string of the molecule is O=C(N=Nc1c(O)[nH]c2ccc(OC(F)(F)F)cc12)c1ccccc1Nc1cccc(C(F)(F)F)c1. The van der Waals surface area contributed by atoms with Gasteiger partial charge >= 0.3 is 12.5 Å². The molecule has 0 aliphatic carbocycles. The molecule has 4 rings (SSSR count). The average molecular weight is 508 g/mol. The van der Waals surface area contributed by atoms with Crippen LogP contribution in [0.3, 0.4) is 0 Å². The first-order chi connectivity index (χ1) is 16.9. The van der Waals surface area contributed by atoms with Crippen molar-refractivity contribution in [2.45, 2.75) is 12.5 Å². The molecule has 1 heterocycles. The molecule has 1 amide bonds. The highest BCUT2D eigenvalue weighted by Crippen LogP contribution is 2.38. The fourth-order valence-electron chi connectivity index (χ4n) is 3.30.